The van der Waals surface area contributed by atoms with Crippen molar-refractivity contribution < 1.29 is 13.2 Å². The first-order valence-electron chi connectivity index (χ1n) is 7.10. The van der Waals surface area contributed by atoms with Crippen molar-refractivity contribution >= 4 is 16.7 Å². The Morgan fingerprint density at radius 3 is 2.52 bits per heavy atom. The maximum Gasteiger partial charge on any atom is 0.451 e. The molecule has 8 heteroatoms. The summed E-state index contributed by atoms with van der Waals surface area (Å²) in [5, 5.41) is 4.79. The van der Waals surface area contributed by atoms with Gasteiger partial charge in [0, 0.05) is 30.9 Å². The Kier molecular flexibility index (Phi) is 3.00. The lowest BCUT2D eigenvalue weighted by molar-refractivity contribution is -0.144. The summed E-state index contributed by atoms with van der Waals surface area (Å²) in [4.78, 5) is 9.23. The predicted molar refractivity (Wildman–Crippen MR) is 78.0 cm³/mol. The van der Waals surface area contributed by atoms with Crippen LogP contribution in [-0.2, 0) is 6.18 Å². The van der Waals surface area contributed by atoms with Gasteiger partial charge in [-0.1, -0.05) is 12.1 Å². The Labute approximate surface area is 129 Å². The van der Waals surface area contributed by atoms with E-state index in [4.69, 9.17) is 0 Å². The number of para-hydroxylation sites is 1. The van der Waals surface area contributed by atoms with Gasteiger partial charge in [-0.25, -0.2) is 9.97 Å². The molecule has 5 nitrogen and oxygen atoms in total. The van der Waals surface area contributed by atoms with Crippen molar-refractivity contribution in [1.29, 1.82) is 0 Å². The lowest BCUT2D eigenvalue weighted by atomic mass is 10.1. The number of halogens is 3. The lowest BCUT2D eigenvalue weighted by Gasteiger charge is -2.40. The molecular formula is C15H12F3N5. The van der Waals surface area contributed by atoms with Crippen molar-refractivity contribution in [3.63, 3.8) is 0 Å². The van der Waals surface area contributed by atoms with E-state index in [1.54, 1.807) is 30.5 Å². The number of nitrogens with zero attached hydrogens (tertiary/aromatic N) is 5. The van der Waals surface area contributed by atoms with Gasteiger partial charge in [0.1, 0.15) is 5.82 Å². The predicted octanol–water partition coefficient (Wildman–Crippen LogP) is 2.91. The topological polar surface area (TPSA) is 46.8 Å². The largest absolute Gasteiger partial charge is 0.451 e. The van der Waals surface area contributed by atoms with Gasteiger partial charge in [-0.2, -0.15) is 18.3 Å². The SMILES string of the molecule is FC(F)(F)c1nc(N2CC(n3cccn3)C2)c2ccccc2n1. The molecule has 1 aliphatic heterocycles. The highest BCUT2D eigenvalue weighted by Gasteiger charge is 2.37. The van der Waals surface area contributed by atoms with Gasteiger partial charge >= 0.3 is 6.18 Å². The summed E-state index contributed by atoms with van der Waals surface area (Å²) in [6, 6.07) is 8.72. The summed E-state index contributed by atoms with van der Waals surface area (Å²) < 4.78 is 40.9. The number of aromatic nitrogens is 4. The molecule has 1 fully saturated rings. The summed E-state index contributed by atoms with van der Waals surface area (Å²) in [7, 11) is 0. The van der Waals surface area contributed by atoms with E-state index < -0.39 is 12.0 Å². The zero-order valence-electron chi connectivity index (χ0n) is 11.9. The molecule has 0 radical (unpaired) electrons. The first-order chi connectivity index (χ1) is 11.0. The smallest absolute Gasteiger partial charge is 0.352 e. The number of benzene rings is 1. The minimum atomic E-state index is -4.56. The van der Waals surface area contributed by atoms with E-state index in [1.807, 2.05) is 21.8 Å². The van der Waals surface area contributed by atoms with Gasteiger partial charge in [-0.15, -0.1) is 0 Å². The molecule has 23 heavy (non-hydrogen) atoms. The van der Waals surface area contributed by atoms with Gasteiger partial charge in [-0.3, -0.25) is 4.68 Å². The molecule has 1 aromatic carbocycles. The molecule has 0 atom stereocenters. The number of hydrogen-bond donors (Lipinski definition) is 0. The molecule has 0 aliphatic carbocycles. The van der Waals surface area contributed by atoms with Crippen LogP contribution in [0.1, 0.15) is 11.9 Å². The third-order valence-corrected chi connectivity index (χ3v) is 3.90. The van der Waals surface area contributed by atoms with Crippen molar-refractivity contribution in [2.45, 2.75) is 12.2 Å². The van der Waals surface area contributed by atoms with Crippen LogP contribution in [0.2, 0.25) is 0 Å². The minimum absolute atomic E-state index is 0.146. The molecule has 0 bridgehead atoms. The first kappa shape index (κ1) is 14.0. The highest BCUT2D eigenvalue weighted by Crippen LogP contribution is 2.34. The number of alkyl halides is 3. The van der Waals surface area contributed by atoms with Crippen molar-refractivity contribution in [3.8, 4) is 0 Å². The normalized spacial score (nSPS) is 15.9. The second-order valence-corrected chi connectivity index (χ2v) is 5.43. The molecule has 1 saturated heterocycles. The summed E-state index contributed by atoms with van der Waals surface area (Å²) in [5.41, 5.74) is 0.298. The zero-order valence-corrected chi connectivity index (χ0v) is 11.9. The van der Waals surface area contributed by atoms with Gasteiger partial charge in [0.15, 0.2) is 0 Å². The van der Waals surface area contributed by atoms with E-state index >= 15 is 0 Å². The minimum Gasteiger partial charge on any atom is -0.352 e. The number of anilines is 1. The summed E-state index contributed by atoms with van der Waals surface area (Å²) >= 11 is 0. The quantitative estimate of drug-likeness (QED) is 0.729. The number of fused-ring (bicyclic) bond motifs is 1. The van der Waals surface area contributed by atoms with Crippen LogP contribution in [-0.4, -0.2) is 32.8 Å². The Morgan fingerprint density at radius 1 is 1.04 bits per heavy atom. The van der Waals surface area contributed by atoms with E-state index in [-0.39, 0.29) is 6.04 Å². The fourth-order valence-corrected chi connectivity index (χ4v) is 2.72. The monoisotopic (exact) mass is 319 g/mol. The standard InChI is InChI=1S/C15H12F3N5/c16-15(17,18)14-20-12-5-2-1-4-11(12)13(21-14)22-8-10(9-22)23-7-3-6-19-23/h1-7,10H,8-9H2. The van der Waals surface area contributed by atoms with Gasteiger partial charge in [-0.05, 0) is 18.2 Å². The molecule has 0 N–H and O–H groups in total. The van der Waals surface area contributed by atoms with Crippen LogP contribution in [0.4, 0.5) is 19.0 Å². The average Bonchev–Trinajstić information content (AvgIpc) is 2.98. The zero-order chi connectivity index (χ0) is 16.0. The molecule has 3 aromatic rings. The third kappa shape index (κ3) is 2.39. The molecule has 0 unspecified atom stereocenters. The lowest BCUT2D eigenvalue weighted by Crippen LogP contribution is -2.48. The molecule has 118 valence electrons. The molecule has 0 saturated carbocycles. The fourth-order valence-electron chi connectivity index (χ4n) is 2.72. The molecule has 3 heterocycles. The summed E-state index contributed by atoms with van der Waals surface area (Å²) in [6.07, 6.45) is -1.03. The van der Waals surface area contributed by atoms with Crippen molar-refractivity contribution in [3.05, 3.63) is 48.5 Å². The van der Waals surface area contributed by atoms with E-state index in [0.29, 0.717) is 29.8 Å². The number of rotatable bonds is 2. The van der Waals surface area contributed by atoms with E-state index in [9.17, 15) is 13.2 Å². The first-order valence-corrected chi connectivity index (χ1v) is 7.10. The summed E-state index contributed by atoms with van der Waals surface area (Å²) in [5.74, 6) is -0.778. The van der Waals surface area contributed by atoms with Crippen LogP contribution in [0.15, 0.2) is 42.7 Å². The van der Waals surface area contributed by atoms with E-state index in [2.05, 4.69) is 15.1 Å². The van der Waals surface area contributed by atoms with E-state index in [0.717, 1.165) is 0 Å². The fraction of sp³-hybridized carbons (Fsp3) is 0.267. The second kappa shape index (κ2) is 4.94. The molecule has 4 rings (SSSR count). The Bertz CT molecular complexity index is 838. The highest BCUT2D eigenvalue weighted by atomic mass is 19.4. The third-order valence-electron chi connectivity index (χ3n) is 3.90. The van der Waals surface area contributed by atoms with Gasteiger partial charge in [0.05, 0.1) is 11.6 Å². The van der Waals surface area contributed by atoms with Crippen LogP contribution in [0, 0.1) is 0 Å². The van der Waals surface area contributed by atoms with Crippen LogP contribution in [0.5, 0.6) is 0 Å². The maximum absolute atomic E-state index is 13.0. The van der Waals surface area contributed by atoms with Crippen LogP contribution >= 0.6 is 0 Å². The highest BCUT2D eigenvalue weighted by molar-refractivity contribution is 5.89. The Hall–Kier alpha value is -2.64. The average molecular weight is 319 g/mol. The van der Waals surface area contributed by atoms with E-state index in [1.165, 1.54) is 0 Å². The maximum atomic E-state index is 13.0. The molecule has 2 aromatic heterocycles. The summed E-state index contributed by atoms with van der Waals surface area (Å²) in [6.45, 7) is 1.14. The van der Waals surface area contributed by atoms with Crippen LogP contribution < -0.4 is 4.90 Å². The van der Waals surface area contributed by atoms with Gasteiger partial charge in [0.25, 0.3) is 0 Å². The molecule has 0 spiro atoms. The van der Waals surface area contributed by atoms with Gasteiger partial charge < -0.3 is 4.90 Å². The van der Waals surface area contributed by atoms with Crippen molar-refractivity contribution in [1.82, 2.24) is 19.7 Å². The molecular weight excluding hydrogens is 307 g/mol. The number of hydrogen-bond acceptors (Lipinski definition) is 4. The molecule has 0 amide bonds. The van der Waals surface area contributed by atoms with Crippen LogP contribution in [0.25, 0.3) is 10.9 Å². The molecule has 1 aliphatic rings. The Balaban J connectivity index is 1.72. The second-order valence-electron chi connectivity index (χ2n) is 5.43. The Morgan fingerprint density at radius 2 is 1.83 bits per heavy atom. The van der Waals surface area contributed by atoms with Gasteiger partial charge in [0.2, 0.25) is 5.82 Å². The van der Waals surface area contributed by atoms with Crippen molar-refractivity contribution in [2.24, 2.45) is 0 Å². The van der Waals surface area contributed by atoms with Crippen molar-refractivity contribution in [2.75, 3.05) is 18.0 Å². The van der Waals surface area contributed by atoms with Crippen LogP contribution in [0.3, 0.4) is 0 Å².